The topological polar surface area (TPSA) is 74.3 Å². The van der Waals surface area contributed by atoms with Crippen LogP contribution in [0.3, 0.4) is 0 Å². The van der Waals surface area contributed by atoms with Crippen molar-refractivity contribution in [1.82, 2.24) is 34.5 Å². The molecule has 7 nitrogen and oxygen atoms in total. The van der Waals surface area contributed by atoms with Crippen molar-refractivity contribution in [2.24, 2.45) is 0 Å². The second kappa shape index (κ2) is 6.11. The van der Waals surface area contributed by atoms with Gasteiger partial charge in [-0.3, -0.25) is 0 Å². The molecule has 4 rings (SSSR count). The first-order chi connectivity index (χ1) is 11.7. The van der Waals surface area contributed by atoms with E-state index in [0.29, 0.717) is 11.5 Å². The number of aryl methyl sites for hydroxylation is 1. The number of halogens is 1. The monoisotopic (exact) mass is 429 g/mol. The quantitative estimate of drug-likeness (QED) is 0.469. The lowest BCUT2D eigenvalue weighted by molar-refractivity contribution is 0.835. The van der Waals surface area contributed by atoms with Crippen LogP contribution in [0, 0.1) is 10.5 Å². The summed E-state index contributed by atoms with van der Waals surface area (Å²) in [4.78, 5) is 12.7. The molecule has 8 heteroatoms. The van der Waals surface area contributed by atoms with Gasteiger partial charge in [-0.25, -0.2) is 24.3 Å². The highest BCUT2D eigenvalue weighted by Crippen LogP contribution is 2.23. The summed E-state index contributed by atoms with van der Waals surface area (Å²) in [6.07, 6.45) is 8.38. The van der Waals surface area contributed by atoms with Crippen LogP contribution in [0.2, 0.25) is 0 Å². The lowest BCUT2D eigenvalue weighted by atomic mass is 10.2. The van der Waals surface area contributed by atoms with Crippen molar-refractivity contribution in [2.45, 2.75) is 6.92 Å². The minimum absolute atomic E-state index is 0.615. The summed E-state index contributed by atoms with van der Waals surface area (Å²) in [5.41, 5.74) is 3.75. The van der Waals surface area contributed by atoms with Crippen molar-refractivity contribution in [3.05, 3.63) is 64.6 Å². The number of hydrogen-bond donors (Lipinski definition) is 0. The lowest BCUT2D eigenvalue weighted by Crippen LogP contribution is -2.00. The van der Waals surface area contributed by atoms with Crippen molar-refractivity contribution in [1.29, 1.82) is 0 Å². The molecule has 0 saturated heterocycles. The smallest absolute Gasteiger partial charge is 0.173 e. The van der Waals surface area contributed by atoms with Crippen LogP contribution >= 0.6 is 22.6 Å². The fourth-order valence-electron chi connectivity index (χ4n) is 2.24. The average Bonchev–Trinajstić information content (AvgIpc) is 3.26. The Kier molecular flexibility index (Phi) is 3.81. The Hall–Kier alpha value is -2.62. The summed E-state index contributed by atoms with van der Waals surface area (Å²) >= 11 is 2.26. The summed E-state index contributed by atoms with van der Waals surface area (Å²) in [6, 6.07) is 8.22. The van der Waals surface area contributed by atoms with Gasteiger partial charge in [-0.2, -0.15) is 10.2 Å². The summed E-state index contributed by atoms with van der Waals surface area (Å²) < 4.78 is 4.42. The highest BCUT2D eigenvalue weighted by atomic mass is 127. The van der Waals surface area contributed by atoms with E-state index >= 15 is 0 Å². The van der Waals surface area contributed by atoms with Gasteiger partial charge in [0.2, 0.25) is 0 Å². The first kappa shape index (κ1) is 14.9. The minimum Gasteiger partial charge on any atom is -0.249 e. The van der Waals surface area contributed by atoms with E-state index in [2.05, 4.69) is 66.8 Å². The second-order valence-corrected chi connectivity index (χ2v) is 6.37. The van der Waals surface area contributed by atoms with Crippen LogP contribution in [0.25, 0.3) is 22.9 Å². The van der Waals surface area contributed by atoms with Crippen molar-refractivity contribution in [2.75, 3.05) is 0 Å². The molecule has 118 valence electrons. The molecule has 1 aromatic carbocycles. The van der Waals surface area contributed by atoms with Crippen LogP contribution in [0.15, 0.2) is 55.5 Å². The van der Waals surface area contributed by atoms with E-state index in [9.17, 15) is 0 Å². The van der Waals surface area contributed by atoms with Crippen molar-refractivity contribution < 1.29 is 0 Å². The van der Waals surface area contributed by atoms with Crippen LogP contribution in [-0.4, -0.2) is 34.5 Å². The maximum Gasteiger partial charge on any atom is 0.173 e. The van der Waals surface area contributed by atoms with Gasteiger partial charge in [0.05, 0.1) is 21.7 Å². The number of aromatic nitrogens is 7. The highest BCUT2D eigenvalue weighted by Gasteiger charge is 2.12. The molecule has 0 fully saturated rings. The molecule has 0 N–H and O–H groups in total. The third-order valence-electron chi connectivity index (χ3n) is 3.50. The first-order valence-corrected chi connectivity index (χ1v) is 8.28. The van der Waals surface area contributed by atoms with Crippen LogP contribution in [0.4, 0.5) is 0 Å². The number of rotatable bonds is 3. The van der Waals surface area contributed by atoms with Gasteiger partial charge in [0.1, 0.15) is 24.0 Å². The van der Waals surface area contributed by atoms with Gasteiger partial charge >= 0.3 is 0 Å². The fraction of sp³-hybridized carbons (Fsp3) is 0.0625. The van der Waals surface area contributed by atoms with Gasteiger partial charge in [0.15, 0.2) is 5.82 Å². The molecule has 3 aromatic heterocycles. The van der Waals surface area contributed by atoms with E-state index in [0.717, 1.165) is 15.0 Å². The molecule has 0 bridgehead atoms. The van der Waals surface area contributed by atoms with Crippen LogP contribution < -0.4 is 0 Å². The Morgan fingerprint density at radius 1 is 1.00 bits per heavy atom. The third-order valence-corrected chi connectivity index (χ3v) is 4.29. The van der Waals surface area contributed by atoms with E-state index in [1.807, 2.05) is 23.0 Å². The molecule has 0 aliphatic rings. The van der Waals surface area contributed by atoms with E-state index in [1.54, 1.807) is 23.4 Å². The predicted molar refractivity (Wildman–Crippen MR) is 97.0 cm³/mol. The Balaban J connectivity index is 1.68. The van der Waals surface area contributed by atoms with Gasteiger partial charge < -0.3 is 0 Å². The first-order valence-electron chi connectivity index (χ1n) is 7.20. The van der Waals surface area contributed by atoms with E-state index in [-0.39, 0.29) is 0 Å². The van der Waals surface area contributed by atoms with Crippen LogP contribution in [0.1, 0.15) is 5.56 Å². The maximum absolute atomic E-state index is 4.64. The molecule has 24 heavy (non-hydrogen) atoms. The highest BCUT2D eigenvalue weighted by molar-refractivity contribution is 14.1. The van der Waals surface area contributed by atoms with Crippen LogP contribution in [0.5, 0.6) is 0 Å². The average molecular weight is 429 g/mol. The van der Waals surface area contributed by atoms with E-state index < -0.39 is 0 Å². The SMILES string of the molecule is Cc1ccc(-n2cc(I)c(-c3cnc(-n4cncn4)cn3)n2)cc1. The van der Waals surface area contributed by atoms with Gasteiger partial charge in [-0.1, -0.05) is 17.7 Å². The molecule has 0 amide bonds. The molecule has 0 atom stereocenters. The standard InChI is InChI=1S/C16H12IN7/c1-11-2-4-12(5-3-11)23-8-13(17)16(22-23)14-6-20-15(7-19-14)24-10-18-9-21-24/h2-10H,1H3. The minimum atomic E-state index is 0.615. The molecule has 0 aliphatic heterocycles. The molecular formula is C16H12IN7. The Morgan fingerprint density at radius 3 is 2.50 bits per heavy atom. The van der Waals surface area contributed by atoms with Gasteiger partial charge in [0, 0.05) is 6.20 Å². The van der Waals surface area contributed by atoms with Gasteiger partial charge in [-0.15, -0.1) is 0 Å². The van der Waals surface area contributed by atoms with E-state index in [1.165, 1.54) is 11.9 Å². The molecule has 0 saturated carbocycles. The van der Waals surface area contributed by atoms with Gasteiger partial charge in [-0.05, 0) is 41.6 Å². The summed E-state index contributed by atoms with van der Waals surface area (Å²) in [5, 5.41) is 8.68. The zero-order chi connectivity index (χ0) is 16.5. The number of nitrogens with zero attached hydrogens (tertiary/aromatic N) is 7. The molecule has 0 unspecified atom stereocenters. The molecule has 0 spiro atoms. The third kappa shape index (κ3) is 2.80. The molecule has 4 aromatic rings. The summed E-state index contributed by atoms with van der Waals surface area (Å²) in [5.74, 6) is 0.615. The molecule has 3 heterocycles. The number of benzene rings is 1. The second-order valence-electron chi connectivity index (χ2n) is 5.21. The van der Waals surface area contributed by atoms with Crippen molar-refractivity contribution >= 4 is 22.6 Å². The van der Waals surface area contributed by atoms with E-state index in [4.69, 9.17) is 0 Å². The normalized spacial score (nSPS) is 10.9. The Morgan fingerprint density at radius 2 is 1.83 bits per heavy atom. The molecule has 0 radical (unpaired) electrons. The lowest BCUT2D eigenvalue weighted by Gasteiger charge is -2.02. The van der Waals surface area contributed by atoms with Crippen LogP contribution in [-0.2, 0) is 0 Å². The zero-order valence-electron chi connectivity index (χ0n) is 12.7. The van der Waals surface area contributed by atoms with Crippen molar-refractivity contribution in [3.63, 3.8) is 0 Å². The summed E-state index contributed by atoms with van der Waals surface area (Å²) in [6.45, 7) is 2.06. The summed E-state index contributed by atoms with van der Waals surface area (Å²) in [7, 11) is 0. The maximum atomic E-state index is 4.64. The Labute approximate surface area is 151 Å². The van der Waals surface area contributed by atoms with Gasteiger partial charge in [0.25, 0.3) is 0 Å². The zero-order valence-corrected chi connectivity index (χ0v) is 14.9. The van der Waals surface area contributed by atoms with Crippen molar-refractivity contribution in [3.8, 4) is 22.9 Å². The molecular weight excluding hydrogens is 417 g/mol. The Bertz CT molecular complexity index is 957. The number of hydrogen-bond acceptors (Lipinski definition) is 5. The predicted octanol–water partition coefficient (Wildman–Crippen LogP) is 2.82. The fourth-order valence-corrected chi connectivity index (χ4v) is 2.89. The largest absolute Gasteiger partial charge is 0.249 e. The molecule has 0 aliphatic carbocycles.